The summed E-state index contributed by atoms with van der Waals surface area (Å²) in [4.78, 5) is 27.9. The van der Waals surface area contributed by atoms with Crippen LogP contribution in [0.25, 0.3) is 0 Å². The quantitative estimate of drug-likeness (QED) is 0.883. The molecule has 1 saturated heterocycles. The standard InChI is InChI=1S/C15H21N3O3/c1-11-2-5-13(21-11)15(20)18-8-6-17(7-9-18)10-14(19)16-12-3-4-12/h2,5,12H,3-4,6-10H2,1H3,(H,16,19). The van der Waals surface area contributed by atoms with Gasteiger partial charge >= 0.3 is 0 Å². The van der Waals surface area contributed by atoms with Crippen molar-refractivity contribution in [3.05, 3.63) is 23.7 Å². The summed E-state index contributed by atoms with van der Waals surface area (Å²) in [5.74, 6) is 1.17. The lowest BCUT2D eigenvalue weighted by Gasteiger charge is -2.33. The van der Waals surface area contributed by atoms with Crippen LogP contribution in [0, 0.1) is 6.92 Å². The topological polar surface area (TPSA) is 65.8 Å². The number of carbonyl (C=O) groups is 2. The van der Waals surface area contributed by atoms with Gasteiger partial charge in [-0.2, -0.15) is 0 Å². The molecule has 0 aromatic carbocycles. The summed E-state index contributed by atoms with van der Waals surface area (Å²) in [5, 5.41) is 2.99. The monoisotopic (exact) mass is 291 g/mol. The molecule has 0 radical (unpaired) electrons. The van der Waals surface area contributed by atoms with E-state index >= 15 is 0 Å². The van der Waals surface area contributed by atoms with Gasteiger partial charge in [0.25, 0.3) is 5.91 Å². The molecule has 0 bridgehead atoms. The Balaban J connectivity index is 1.46. The molecule has 0 atom stereocenters. The van der Waals surface area contributed by atoms with Crippen molar-refractivity contribution in [3.63, 3.8) is 0 Å². The van der Waals surface area contributed by atoms with Crippen LogP contribution in [0.15, 0.2) is 16.5 Å². The van der Waals surface area contributed by atoms with E-state index in [4.69, 9.17) is 4.42 Å². The third-order valence-corrected chi connectivity index (χ3v) is 3.92. The fourth-order valence-electron chi connectivity index (χ4n) is 2.52. The first-order valence-electron chi connectivity index (χ1n) is 7.49. The highest BCUT2D eigenvalue weighted by Gasteiger charge is 2.27. The van der Waals surface area contributed by atoms with E-state index in [2.05, 4.69) is 10.2 Å². The molecule has 1 aromatic heterocycles. The molecule has 1 aliphatic carbocycles. The molecular weight excluding hydrogens is 270 g/mol. The van der Waals surface area contributed by atoms with E-state index in [1.807, 2.05) is 6.92 Å². The number of hydrogen-bond donors (Lipinski definition) is 1. The molecule has 6 heteroatoms. The Morgan fingerprint density at radius 2 is 1.95 bits per heavy atom. The first kappa shape index (κ1) is 14.1. The molecule has 21 heavy (non-hydrogen) atoms. The summed E-state index contributed by atoms with van der Waals surface area (Å²) in [6, 6.07) is 3.92. The van der Waals surface area contributed by atoms with Crippen LogP contribution in [0.1, 0.15) is 29.2 Å². The number of hydrogen-bond acceptors (Lipinski definition) is 4. The first-order valence-corrected chi connectivity index (χ1v) is 7.49. The van der Waals surface area contributed by atoms with Gasteiger partial charge in [0, 0.05) is 32.2 Å². The normalized spacial score (nSPS) is 19.6. The molecule has 0 unspecified atom stereocenters. The molecule has 1 aromatic rings. The van der Waals surface area contributed by atoms with Crippen molar-refractivity contribution in [1.29, 1.82) is 0 Å². The van der Waals surface area contributed by atoms with Crippen LogP contribution >= 0.6 is 0 Å². The summed E-state index contributed by atoms with van der Waals surface area (Å²) < 4.78 is 5.37. The third-order valence-electron chi connectivity index (χ3n) is 3.92. The van der Waals surface area contributed by atoms with E-state index < -0.39 is 0 Å². The summed E-state index contributed by atoms with van der Waals surface area (Å²) in [6.07, 6.45) is 2.22. The van der Waals surface area contributed by atoms with Crippen molar-refractivity contribution < 1.29 is 14.0 Å². The van der Waals surface area contributed by atoms with Crippen molar-refractivity contribution in [2.75, 3.05) is 32.7 Å². The molecule has 2 fully saturated rings. The summed E-state index contributed by atoms with van der Waals surface area (Å²) in [6.45, 7) is 4.98. The Morgan fingerprint density at radius 1 is 1.24 bits per heavy atom. The van der Waals surface area contributed by atoms with Crippen molar-refractivity contribution in [2.24, 2.45) is 0 Å². The van der Waals surface area contributed by atoms with Crippen LogP contribution in [0.2, 0.25) is 0 Å². The smallest absolute Gasteiger partial charge is 0.289 e. The van der Waals surface area contributed by atoms with Crippen LogP contribution in [0.5, 0.6) is 0 Å². The maximum atomic E-state index is 12.2. The second-order valence-electron chi connectivity index (χ2n) is 5.82. The van der Waals surface area contributed by atoms with E-state index in [-0.39, 0.29) is 11.8 Å². The number of nitrogens with one attached hydrogen (secondary N) is 1. The first-order chi connectivity index (χ1) is 10.1. The number of carbonyl (C=O) groups excluding carboxylic acids is 2. The van der Waals surface area contributed by atoms with Crippen molar-refractivity contribution in [1.82, 2.24) is 15.1 Å². The van der Waals surface area contributed by atoms with E-state index in [1.165, 1.54) is 0 Å². The van der Waals surface area contributed by atoms with Gasteiger partial charge in [-0.05, 0) is 31.9 Å². The van der Waals surface area contributed by atoms with E-state index in [1.54, 1.807) is 17.0 Å². The van der Waals surface area contributed by atoms with E-state index in [0.29, 0.717) is 31.4 Å². The summed E-state index contributed by atoms with van der Waals surface area (Å²) in [5.41, 5.74) is 0. The minimum absolute atomic E-state index is 0.0646. The molecule has 2 amide bonds. The molecular formula is C15H21N3O3. The van der Waals surface area contributed by atoms with Gasteiger partial charge in [-0.1, -0.05) is 0 Å². The average Bonchev–Trinajstić information content (AvgIpc) is 3.17. The maximum Gasteiger partial charge on any atom is 0.289 e. The van der Waals surface area contributed by atoms with Crippen LogP contribution < -0.4 is 5.32 Å². The Morgan fingerprint density at radius 3 is 2.52 bits per heavy atom. The fraction of sp³-hybridized carbons (Fsp3) is 0.600. The molecule has 1 N–H and O–H groups in total. The highest BCUT2D eigenvalue weighted by molar-refractivity contribution is 5.91. The zero-order chi connectivity index (χ0) is 14.8. The van der Waals surface area contributed by atoms with Crippen LogP contribution in [0.3, 0.4) is 0 Å². The van der Waals surface area contributed by atoms with Crippen molar-refractivity contribution in [2.45, 2.75) is 25.8 Å². The summed E-state index contributed by atoms with van der Waals surface area (Å²) >= 11 is 0. The van der Waals surface area contributed by atoms with Gasteiger partial charge < -0.3 is 14.6 Å². The second-order valence-corrected chi connectivity index (χ2v) is 5.82. The lowest BCUT2D eigenvalue weighted by atomic mass is 10.3. The van der Waals surface area contributed by atoms with E-state index in [9.17, 15) is 9.59 Å². The zero-order valence-electron chi connectivity index (χ0n) is 12.3. The van der Waals surface area contributed by atoms with Crippen LogP contribution in [-0.2, 0) is 4.79 Å². The molecule has 1 aliphatic heterocycles. The molecule has 2 heterocycles. The SMILES string of the molecule is Cc1ccc(C(=O)N2CCN(CC(=O)NC3CC3)CC2)o1. The fourth-order valence-corrected chi connectivity index (χ4v) is 2.52. The molecule has 2 aliphatic rings. The number of furan rings is 1. The van der Waals surface area contributed by atoms with Crippen LogP contribution in [-0.4, -0.2) is 60.4 Å². The Bertz CT molecular complexity index is 528. The molecule has 6 nitrogen and oxygen atoms in total. The molecule has 0 spiro atoms. The third kappa shape index (κ3) is 3.64. The largest absolute Gasteiger partial charge is 0.456 e. The molecule has 3 rings (SSSR count). The number of amides is 2. The molecule has 1 saturated carbocycles. The van der Waals surface area contributed by atoms with Gasteiger partial charge in [0.15, 0.2) is 5.76 Å². The van der Waals surface area contributed by atoms with Crippen LogP contribution in [0.4, 0.5) is 0 Å². The highest BCUT2D eigenvalue weighted by atomic mass is 16.3. The predicted molar refractivity (Wildman–Crippen MR) is 77.0 cm³/mol. The number of piperazine rings is 1. The van der Waals surface area contributed by atoms with Gasteiger partial charge in [-0.3, -0.25) is 14.5 Å². The minimum Gasteiger partial charge on any atom is -0.456 e. The number of aryl methyl sites for hydroxylation is 1. The number of rotatable bonds is 4. The predicted octanol–water partition coefficient (Wildman–Crippen LogP) is 0.624. The van der Waals surface area contributed by atoms with Gasteiger partial charge in [-0.15, -0.1) is 0 Å². The Labute approximate surface area is 124 Å². The van der Waals surface area contributed by atoms with E-state index in [0.717, 1.165) is 31.7 Å². The lowest BCUT2D eigenvalue weighted by Crippen LogP contribution is -2.51. The van der Waals surface area contributed by atoms with Gasteiger partial charge in [-0.25, -0.2) is 0 Å². The highest BCUT2D eigenvalue weighted by Crippen LogP contribution is 2.18. The Hall–Kier alpha value is -1.82. The maximum absolute atomic E-state index is 12.2. The minimum atomic E-state index is -0.0646. The Kier molecular flexibility index (Phi) is 3.96. The van der Waals surface area contributed by atoms with Gasteiger partial charge in [0.1, 0.15) is 5.76 Å². The number of nitrogens with zero attached hydrogens (tertiary/aromatic N) is 2. The van der Waals surface area contributed by atoms with Crippen molar-refractivity contribution in [3.8, 4) is 0 Å². The second kappa shape index (κ2) is 5.89. The lowest BCUT2D eigenvalue weighted by molar-refractivity contribution is -0.122. The van der Waals surface area contributed by atoms with Gasteiger partial charge in [0.2, 0.25) is 5.91 Å². The van der Waals surface area contributed by atoms with Crippen molar-refractivity contribution >= 4 is 11.8 Å². The zero-order valence-corrected chi connectivity index (χ0v) is 12.3. The molecule has 114 valence electrons. The average molecular weight is 291 g/mol. The van der Waals surface area contributed by atoms with Gasteiger partial charge in [0.05, 0.1) is 6.54 Å². The summed E-state index contributed by atoms with van der Waals surface area (Å²) in [7, 11) is 0.